The molecule has 1 atom stereocenters. The molecular formula is C12H27N3. The molecule has 0 radical (unpaired) electrons. The van der Waals surface area contributed by atoms with Crippen molar-refractivity contribution in [3.05, 3.63) is 0 Å². The molecule has 0 bridgehead atoms. The molecule has 1 aliphatic rings. The fraction of sp³-hybridized carbons (Fsp3) is 1.00. The first-order valence-electron chi connectivity index (χ1n) is 6.11. The van der Waals surface area contributed by atoms with Crippen LogP contribution in [0.15, 0.2) is 0 Å². The van der Waals surface area contributed by atoms with Crippen LogP contribution in [0.4, 0.5) is 0 Å². The molecule has 1 N–H and O–H groups in total. The average molecular weight is 213 g/mol. The maximum Gasteiger partial charge on any atom is 0.0350 e. The highest BCUT2D eigenvalue weighted by Crippen LogP contribution is 2.23. The monoisotopic (exact) mass is 213 g/mol. The van der Waals surface area contributed by atoms with Crippen molar-refractivity contribution in [3.63, 3.8) is 0 Å². The largest absolute Gasteiger partial charge is 0.318 e. The number of rotatable bonds is 4. The fourth-order valence-corrected chi connectivity index (χ4v) is 2.56. The first-order chi connectivity index (χ1) is 7.01. The summed E-state index contributed by atoms with van der Waals surface area (Å²) in [6.07, 6.45) is 1.26. The maximum absolute atomic E-state index is 3.30. The minimum Gasteiger partial charge on any atom is -0.318 e. The number of hydrogen-bond donors (Lipinski definition) is 1. The molecule has 0 spiro atoms. The molecule has 0 aromatic heterocycles. The van der Waals surface area contributed by atoms with Gasteiger partial charge >= 0.3 is 0 Å². The molecule has 1 aliphatic heterocycles. The molecule has 0 amide bonds. The summed E-state index contributed by atoms with van der Waals surface area (Å²) >= 11 is 0. The van der Waals surface area contributed by atoms with Crippen LogP contribution in [0.1, 0.15) is 27.2 Å². The molecule has 3 nitrogen and oxygen atoms in total. The van der Waals surface area contributed by atoms with E-state index in [4.69, 9.17) is 0 Å². The zero-order chi connectivity index (χ0) is 11.5. The van der Waals surface area contributed by atoms with E-state index in [0.29, 0.717) is 11.6 Å². The minimum absolute atomic E-state index is 0.301. The van der Waals surface area contributed by atoms with Gasteiger partial charge in [0.25, 0.3) is 0 Å². The summed E-state index contributed by atoms with van der Waals surface area (Å²) in [5.74, 6) is 0. The highest BCUT2D eigenvalue weighted by Gasteiger charge is 2.36. The molecule has 90 valence electrons. The Bertz CT molecular complexity index is 191. The van der Waals surface area contributed by atoms with E-state index in [9.17, 15) is 0 Å². The highest BCUT2D eigenvalue weighted by molar-refractivity contribution is 4.94. The van der Waals surface area contributed by atoms with Crippen molar-refractivity contribution in [1.29, 1.82) is 0 Å². The second-order valence-corrected chi connectivity index (χ2v) is 5.37. The van der Waals surface area contributed by atoms with Crippen molar-refractivity contribution < 1.29 is 0 Å². The molecule has 1 unspecified atom stereocenters. The molecule has 0 saturated carbocycles. The molecule has 0 aromatic carbocycles. The van der Waals surface area contributed by atoms with E-state index in [1.807, 2.05) is 7.05 Å². The first-order valence-corrected chi connectivity index (χ1v) is 6.11. The Morgan fingerprint density at radius 2 is 2.07 bits per heavy atom. The lowest BCUT2D eigenvalue weighted by atomic mass is 9.95. The van der Waals surface area contributed by atoms with Crippen LogP contribution in [-0.2, 0) is 0 Å². The molecule has 1 heterocycles. The van der Waals surface area contributed by atoms with E-state index < -0.39 is 0 Å². The van der Waals surface area contributed by atoms with Gasteiger partial charge in [-0.2, -0.15) is 0 Å². The van der Waals surface area contributed by atoms with Crippen molar-refractivity contribution in [2.45, 2.75) is 38.8 Å². The van der Waals surface area contributed by atoms with Gasteiger partial charge in [0, 0.05) is 31.2 Å². The Kier molecular flexibility index (Phi) is 4.56. The molecule has 0 aromatic rings. The van der Waals surface area contributed by atoms with Gasteiger partial charge in [-0.25, -0.2) is 0 Å². The Hall–Kier alpha value is -0.120. The molecule has 0 aliphatic carbocycles. The maximum atomic E-state index is 3.30. The molecule has 3 heteroatoms. The summed E-state index contributed by atoms with van der Waals surface area (Å²) in [4.78, 5) is 5.12. The van der Waals surface area contributed by atoms with Gasteiger partial charge in [-0.05, 0) is 40.9 Å². The third-order valence-corrected chi connectivity index (χ3v) is 3.56. The van der Waals surface area contributed by atoms with Crippen molar-refractivity contribution in [2.24, 2.45) is 0 Å². The standard InChI is InChI=1S/C12H27N3/c1-6-7-15-9-11(8-13-4)14(5)12(2,3)10-15/h11,13H,6-10H2,1-5H3. The third-order valence-electron chi connectivity index (χ3n) is 3.56. The second-order valence-electron chi connectivity index (χ2n) is 5.37. The first kappa shape index (κ1) is 12.9. The van der Waals surface area contributed by atoms with Crippen LogP contribution < -0.4 is 5.32 Å². The van der Waals surface area contributed by atoms with Gasteiger partial charge in [-0.15, -0.1) is 0 Å². The van der Waals surface area contributed by atoms with Gasteiger partial charge in [0.05, 0.1) is 0 Å². The SMILES string of the molecule is CCCN1CC(CNC)N(C)C(C)(C)C1. The van der Waals surface area contributed by atoms with E-state index in [-0.39, 0.29) is 0 Å². The van der Waals surface area contributed by atoms with E-state index in [2.05, 4.69) is 42.9 Å². The summed E-state index contributed by atoms with van der Waals surface area (Å²) < 4.78 is 0. The third kappa shape index (κ3) is 3.16. The molecule has 1 fully saturated rings. The molecule has 1 saturated heterocycles. The van der Waals surface area contributed by atoms with Crippen LogP contribution in [0.3, 0.4) is 0 Å². The van der Waals surface area contributed by atoms with Crippen LogP contribution in [-0.4, -0.2) is 61.7 Å². The van der Waals surface area contributed by atoms with Crippen LogP contribution in [0, 0.1) is 0 Å². The zero-order valence-corrected chi connectivity index (χ0v) is 11.0. The van der Waals surface area contributed by atoms with E-state index in [1.165, 1.54) is 26.1 Å². The lowest BCUT2D eigenvalue weighted by Crippen LogP contribution is -2.64. The normalized spacial score (nSPS) is 28.2. The van der Waals surface area contributed by atoms with Crippen LogP contribution in [0.25, 0.3) is 0 Å². The summed E-state index contributed by atoms with van der Waals surface area (Å²) in [7, 11) is 4.30. The van der Waals surface area contributed by atoms with Gasteiger partial charge < -0.3 is 5.32 Å². The van der Waals surface area contributed by atoms with Gasteiger partial charge in [-0.1, -0.05) is 6.92 Å². The van der Waals surface area contributed by atoms with Gasteiger partial charge in [0.2, 0.25) is 0 Å². The predicted octanol–water partition coefficient (Wildman–Crippen LogP) is 1.01. The van der Waals surface area contributed by atoms with Crippen molar-refractivity contribution in [2.75, 3.05) is 40.3 Å². The second kappa shape index (κ2) is 5.28. The number of nitrogens with one attached hydrogen (secondary N) is 1. The topological polar surface area (TPSA) is 18.5 Å². The van der Waals surface area contributed by atoms with Gasteiger partial charge in [0.15, 0.2) is 0 Å². The summed E-state index contributed by atoms with van der Waals surface area (Å²) in [6, 6.07) is 0.644. The fourth-order valence-electron chi connectivity index (χ4n) is 2.56. The van der Waals surface area contributed by atoms with Gasteiger partial charge in [-0.3, -0.25) is 9.80 Å². The van der Waals surface area contributed by atoms with E-state index >= 15 is 0 Å². The quantitative estimate of drug-likeness (QED) is 0.752. The van der Waals surface area contributed by atoms with E-state index in [1.54, 1.807) is 0 Å². The average Bonchev–Trinajstić information content (AvgIpc) is 2.14. The van der Waals surface area contributed by atoms with Crippen molar-refractivity contribution >= 4 is 0 Å². The van der Waals surface area contributed by atoms with E-state index in [0.717, 1.165) is 6.54 Å². The molecule has 15 heavy (non-hydrogen) atoms. The summed E-state index contributed by atoms with van der Waals surface area (Å²) in [5, 5.41) is 3.30. The van der Waals surface area contributed by atoms with Crippen molar-refractivity contribution in [3.8, 4) is 0 Å². The Balaban J connectivity index is 2.63. The Labute approximate surface area is 94.8 Å². The Morgan fingerprint density at radius 3 is 2.60 bits per heavy atom. The molecule has 1 rings (SSSR count). The lowest BCUT2D eigenvalue weighted by Gasteiger charge is -2.50. The smallest absolute Gasteiger partial charge is 0.0350 e. The van der Waals surface area contributed by atoms with Gasteiger partial charge in [0.1, 0.15) is 0 Å². The predicted molar refractivity (Wildman–Crippen MR) is 66.3 cm³/mol. The Morgan fingerprint density at radius 1 is 1.40 bits per heavy atom. The summed E-state index contributed by atoms with van der Waals surface area (Å²) in [5.41, 5.74) is 0.301. The minimum atomic E-state index is 0.301. The van der Waals surface area contributed by atoms with Crippen LogP contribution in [0.2, 0.25) is 0 Å². The number of piperazine rings is 1. The van der Waals surface area contributed by atoms with Crippen molar-refractivity contribution in [1.82, 2.24) is 15.1 Å². The van der Waals surface area contributed by atoms with Crippen LogP contribution in [0.5, 0.6) is 0 Å². The highest BCUT2D eigenvalue weighted by atomic mass is 15.3. The number of likely N-dealkylation sites (N-methyl/N-ethyl adjacent to an activating group) is 2. The molecular weight excluding hydrogens is 186 g/mol. The lowest BCUT2D eigenvalue weighted by molar-refractivity contribution is -0.00493. The zero-order valence-electron chi connectivity index (χ0n) is 11.0. The van der Waals surface area contributed by atoms with Crippen LogP contribution >= 0.6 is 0 Å². The number of nitrogens with zero attached hydrogens (tertiary/aromatic N) is 2. The number of hydrogen-bond acceptors (Lipinski definition) is 3. The summed E-state index contributed by atoms with van der Waals surface area (Å²) in [6.45, 7) is 11.7.